The van der Waals surface area contributed by atoms with Gasteiger partial charge in [0.1, 0.15) is 22.8 Å². The first kappa shape index (κ1) is 15.7. The molecule has 1 unspecified atom stereocenters. The van der Waals surface area contributed by atoms with Crippen molar-refractivity contribution in [2.45, 2.75) is 6.04 Å². The number of hydrogen-bond donors (Lipinski definition) is 0. The van der Waals surface area contributed by atoms with Crippen molar-refractivity contribution >= 4 is 22.6 Å². The van der Waals surface area contributed by atoms with Crippen molar-refractivity contribution < 1.29 is 4.74 Å². The van der Waals surface area contributed by atoms with Gasteiger partial charge in [0.05, 0.1) is 7.11 Å². The third-order valence-electron chi connectivity index (χ3n) is 4.15. The second kappa shape index (κ2) is 6.57. The summed E-state index contributed by atoms with van der Waals surface area (Å²) in [6, 6.07) is 23.5. The zero-order valence-corrected chi connectivity index (χ0v) is 14.4. The minimum atomic E-state index is -0.143. The van der Waals surface area contributed by atoms with Crippen LogP contribution in [0.3, 0.4) is 0 Å². The Hall–Kier alpha value is -2.85. The van der Waals surface area contributed by atoms with Crippen molar-refractivity contribution in [1.82, 2.24) is 15.0 Å². The number of benzene rings is 3. The summed E-state index contributed by atoms with van der Waals surface area (Å²) in [5.41, 5.74) is 3.88. The molecule has 0 spiro atoms. The van der Waals surface area contributed by atoms with Gasteiger partial charge < -0.3 is 4.74 Å². The number of ether oxygens (including phenoxy) is 1. The molecule has 0 bridgehead atoms. The summed E-state index contributed by atoms with van der Waals surface area (Å²) in [6.45, 7) is 0. The Balaban J connectivity index is 1.86. The first-order valence-electron chi connectivity index (χ1n) is 7.95. The number of aromatic nitrogens is 3. The van der Waals surface area contributed by atoms with Gasteiger partial charge in [0, 0.05) is 5.02 Å². The van der Waals surface area contributed by atoms with E-state index in [1.807, 2.05) is 72.8 Å². The number of rotatable bonds is 4. The van der Waals surface area contributed by atoms with E-state index in [4.69, 9.17) is 16.3 Å². The maximum absolute atomic E-state index is 6.06. The van der Waals surface area contributed by atoms with Gasteiger partial charge in [-0.1, -0.05) is 48.0 Å². The van der Waals surface area contributed by atoms with Gasteiger partial charge in [-0.2, -0.15) is 15.0 Å². The summed E-state index contributed by atoms with van der Waals surface area (Å²) < 4.78 is 5.27. The number of fused-ring (bicyclic) bond motifs is 1. The Morgan fingerprint density at radius 2 is 1.32 bits per heavy atom. The van der Waals surface area contributed by atoms with E-state index < -0.39 is 0 Å². The van der Waals surface area contributed by atoms with Gasteiger partial charge in [0.2, 0.25) is 0 Å². The largest absolute Gasteiger partial charge is 0.497 e. The van der Waals surface area contributed by atoms with E-state index in [1.165, 1.54) is 0 Å². The van der Waals surface area contributed by atoms with Crippen LogP contribution in [0.2, 0.25) is 5.02 Å². The van der Waals surface area contributed by atoms with Gasteiger partial charge >= 0.3 is 0 Å². The lowest BCUT2D eigenvalue weighted by Crippen LogP contribution is -2.15. The van der Waals surface area contributed by atoms with Crippen molar-refractivity contribution in [2.75, 3.05) is 7.11 Å². The first-order chi connectivity index (χ1) is 12.2. The van der Waals surface area contributed by atoms with Crippen LogP contribution in [0, 0.1) is 0 Å². The summed E-state index contributed by atoms with van der Waals surface area (Å²) in [5, 5.41) is 10.0. The monoisotopic (exact) mass is 349 g/mol. The van der Waals surface area contributed by atoms with Crippen molar-refractivity contribution in [3.05, 3.63) is 88.9 Å². The highest BCUT2D eigenvalue weighted by Crippen LogP contribution is 2.28. The second-order valence-corrected chi connectivity index (χ2v) is 6.17. The van der Waals surface area contributed by atoms with Gasteiger partial charge in [0.15, 0.2) is 0 Å². The number of nitrogens with zero attached hydrogens (tertiary/aromatic N) is 3. The third kappa shape index (κ3) is 3.08. The lowest BCUT2D eigenvalue weighted by molar-refractivity contribution is 0.414. The van der Waals surface area contributed by atoms with Crippen LogP contribution < -0.4 is 4.74 Å². The zero-order valence-electron chi connectivity index (χ0n) is 13.6. The fourth-order valence-electron chi connectivity index (χ4n) is 2.88. The first-order valence-corrected chi connectivity index (χ1v) is 8.33. The molecule has 0 amide bonds. The molecule has 4 nitrogen and oxygen atoms in total. The molecule has 0 fully saturated rings. The van der Waals surface area contributed by atoms with E-state index in [1.54, 1.807) is 11.9 Å². The second-order valence-electron chi connectivity index (χ2n) is 5.74. The minimum absolute atomic E-state index is 0.143. The molecule has 5 heteroatoms. The molecule has 4 rings (SSSR count). The van der Waals surface area contributed by atoms with Crippen molar-refractivity contribution in [2.24, 2.45) is 0 Å². The molecule has 0 aliphatic heterocycles. The molecular weight excluding hydrogens is 334 g/mol. The molecule has 25 heavy (non-hydrogen) atoms. The number of methoxy groups -OCH3 is 1. The molecule has 0 saturated heterocycles. The average Bonchev–Trinajstić information content (AvgIpc) is 3.07. The SMILES string of the molecule is COc1ccc(C(c2ccc(Cl)cc2)n2nc3ccccc3n2)cc1. The summed E-state index contributed by atoms with van der Waals surface area (Å²) in [6.07, 6.45) is 0. The molecule has 0 aliphatic rings. The van der Waals surface area contributed by atoms with Crippen LogP contribution in [0.5, 0.6) is 5.75 Å². The highest BCUT2D eigenvalue weighted by molar-refractivity contribution is 6.30. The lowest BCUT2D eigenvalue weighted by Gasteiger charge is -2.17. The van der Waals surface area contributed by atoms with E-state index in [0.717, 1.165) is 27.9 Å². The van der Waals surface area contributed by atoms with Crippen molar-refractivity contribution in [3.8, 4) is 5.75 Å². The quantitative estimate of drug-likeness (QED) is 0.534. The summed E-state index contributed by atoms with van der Waals surface area (Å²) in [4.78, 5) is 1.76. The third-order valence-corrected chi connectivity index (χ3v) is 4.40. The Bertz CT molecular complexity index is 961. The lowest BCUT2D eigenvalue weighted by atomic mass is 9.99. The number of halogens is 1. The topological polar surface area (TPSA) is 39.9 Å². The standard InChI is InChI=1S/C20H16ClN3O/c1-25-17-12-8-15(9-13-17)20(14-6-10-16(21)11-7-14)24-22-18-4-2-3-5-19(18)23-24/h2-13,20H,1H3. The van der Waals surface area contributed by atoms with Gasteiger partial charge in [-0.05, 0) is 47.5 Å². The fourth-order valence-corrected chi connectivity index (χ4v) is 3.01. The summed E-state index contributed by atoms with van der Waals surface area (Å²) >= 11 is 6.06. The van der Waals surface area contributed by atoms with E-state index in [-0.39, 0.29) is 6.04 Å². The predicted octanol–water partition coefficient (Wildman–Crippen LogP) is 4.73. The van der Waals surface area contributed by atoms with Crippen LogP contribution in [0.1, 0.15) is 17.2 Å². The molecule has 0 N–H and O–H groups in total. The molecule has 4 aromatic rings. The maximum atomic E-state index is 6.06. The Morgan fingerprint density at radius 1 is 0.800 bits per heavy atom. The van der Waals surface area contributed by atoms with Crippen LogP contribution in [0.4, 0.5) is 0 Å². The van der Waals surface area contributed by atoms with Crippen LogP contribution in [0.25, 0.3) is 11.0 Å². The predicted molar refractivity (Wildman–Crippen MR) is 99.2 cm³/mol. The molecule has 1 aromatic heterocycles. The maximum Gasteiger partial charge on any atom is 0.122 e. The Morgan fingerprint density at radius 3 is 1.84 bits per heavy atom. The van der Waals surface area contributed by atoms with Crippen molar-refractivity contribution in [3.63, 3.8) is 0 Å². The van der Waals surface area contributed by atoms with Crippen LogP contribution >= 0.6 is 11.6 Å². The Labute approximate surface area is 150 Å². The molecule has 0 saturated carbocycles. The molecule has 0 aliphatic carbocycles. The molecule has 0 radical (unpaired) electrons. The molecule has 1 heterocycles. The normalized spacial score (nSPS) is 12.2. The average molecular weight is 350 g/mol. The highest BCUT2D eigenvalue weighted by atomic mass is 35.5. The van der Waals surface area contributed by atoms with E-state index in [2.05, 4.69) is 10.2 Å². The van der Waals surface area contributed by atoms with E-state index in [9.17, 15) is 0 Å². The minimum Gasteiger partial charge on any atom is -0.497 e. The fraction of sp³-hybridized carbons (Fsp3) is 0.100. The molecule has 124 valence electrons. The van der Waals surface area contributed by atoms with Crippen molar-refractivity contribution in [1.29, 1.82) is 0 Å². The van der Waals surface area contributed by atoms with Gasteiger partial charge in [0.25, 0.3) is 0 Å². The van der Waals surface area contributed by atoms with E-state index in [0.29, 0.717) is 5.02 Å². The Kier molecular flexibility index (Phi) is 4.12. The molecular formula is C20H16ClN3O. The smallest absolute Gasteiger partial charge is 0.122 e. The zero-order chi connectivity index (χ0) is 17.2. The highest BCUT2D eigenvalue weighted by Gasteiger charge is 2.19. The summed E-state index contributed by atoms with van der Waals surface area (Å²) in [7, 11) is 1.66. The molecule has 1 atom stereocenters. The van der Waals surface area contributed by atoms with Gasteiger partial charge in [-0.25, -0.2) is 0 Å². The van der Waals surface area contributed by atoms with Crippen LogP contribution in [-0.4, -0.2) is 22.1 Å². The molecule has 3 aromatic carbocycles. The van der Waals surface area contributed by atoms with E-state index >= 15 is 0 Å². The van der Waals surface area contributed by atoms with Crippen LogP contribution in [-0.2, 0) is 0 Å². The van der Waals surface area contributed by atoms with Crippen LogP contribution in [0.15, 0.2) is 72.8 Å². The van der Waals surface area contributed by atoms with Gasteiger partial charge in [-0.15, -0.1) is 0 Å². The van der Waals surface area contributed by atoms with Gasteiger partial charge in [-0.3, -0.25) is 0 Å². The number of hydrogen-bond acceptors (Lipinski definition) is 3. The summed E-state index contributed by atoms with van der Waals surface area (Å²) in [5.74, 6) is 0.817.